The largest absolute Gasteiger partial charge is 0.443 e. The molecule has 2 aromatic heterocycles. The van der Waals surface area contributed by atoms with Crippen LogP contribution < -0.4 is 21.3 Å². The Hall–Kier alpha value is -5.31. The number of aryl methyl sites for hydroxylation is 2. The molecule has 0 spiro atoms. The first kappa shape index (κ1) is 31.1. The molecule has 0 radical (unpaired) electrons. The highest BCUT2D eigenvalue weighted by molar-refractivity contribution is 5.91. The highest BCUT2D eigenvalue weighted by atomic mass is 19.1. The maximum Gasteiger partial charge on any atom is 0.414 e. The van der Waals surface area contributed by atoms with Crippen molar-refractivity contribution in [1.29, 1.82) is 0 Å². The summed E-state index contributed by atoms with van der Waals surface area (Å²) in [6.45, 7) is 2.85. The average Bonchev–Trinajstić information content (AvgIpc) is 3.80. The summed E-state index contributed by atoms with van der Waals surface area (Å²) in [6.07, 6.45) is 1.45. The van der Waals surface area contributed by atoms with Gasteiger partial charge in [-0.15, -0.1) is 0 Å². The summed E-state index contributed by atoms with van der Waals surface area (Å²) in [5, 5.41) is 8.05. The number of hydrogen-bond donors (Lipinski definition) is 2. The van der Waals surface area contributed by atoms with E-state index in [4.69, 9.17) is 20.9 Å². The number of ether oxygens (including phenoxy) is 2. The molecule has 0 aliphatic carbocycles. The maximum absolute atomic E-state index is 14.5. The summed E-state index contributed by atoms with van der Waals surface area (Å²) in [6, 6.07) is 12.7. The number of cyclic esters (lactones) is 2. The Balaban J connectivity index is 0.000000179. The number of carbonyl (C=O) groups is 2. The number of nitrogens with two attached hydrogens (primary N) is 2. The van der Waals surface area contributed by atoms with Crippen molar-refractivity contribution in [2.75, 3.05) is 36.0 Å². The van der Waals surface area contributed by atoms with Gasteiger partial charge in [-0.05, 0) is 55.5 Å². The molecule has 4 N–H and O–H groups in total. The van der Waals surface area contributed by atoms with E-state index >= 15 is 0 Å². The van der Waals surface area contributed by atoms with Crippen molar-refractivity contribution in [1.82, 2.24) is 19.6 Å². The maximum atomic E-state index is 14.5. The number of halogens is 2. The summed E-state index contributed by atoms with van der Waals surface area (Å²) in [5.41, 5.74) is 14.1. The normalized spacial score (nSPS) is 18.1. The standard InChI is InChI=1S/C16H18FN5O2.C14H15FN4O2/c1-10(18)19-8-12-9-22(16(23)24-12)11-3-4-13(14(17)7-11)15-5-6-20-21(15)2;1-18-13(4-5-17-18)11-3-2-9(6-12(11)15)19-8-10(7-16)21-14(19)20/h3-7,12H,8-9H2,1-2H3,(H2,18,19);2-6,10H,7-8,16H2,1H3/t12-;10-/m00/s1. The minimum atomic E-state index is -0.516. The lowest BCUT2D eigenvalue weighted by Crippen LogP contribution is -2.27. The van der Waals surface area contributed by atoms with E-state index < -0.39 is 29.9 Å². The molecule has 6 rings (SSSR count). The zero-order valence-corrected chi connectivity index (χ0v) is 24.9. The van der Waals surface area contributed by atoms with E-state index in [2.05, 4.69) is 15.2 Å². The molecule has 0 saturated carbocycles. The molecule has 2 fully saturated rings. The number of amides is 2. The van der Waals surface area contributed by atoms with Gasteiger partial charge in [0.2, 0.25) is 0 Å². The first-order chi connectivity index (χ1) is 21.5. The summed E-state index contributed by atoms with van der Waals surface area (Å²) >= 11 is 0. The summed E-state index contributed by atoms with van der Waals surface area (Å²) in [4.78, 5) is 30.6. The van der Waals surface area contributed by atoms with Crippen LogP contribution in [0.25, 0.3) is 22.5 Å². The van der Waals surface area contributed by atoms with Gasteiger partial charge in [0.05, 0.1) is 48.2 Å². The van der Waals surface area contributed by atoms with E-state index in [1.165, 1.54) is 21.9 Å². The van der Waals surface area contributed by atoms with Gasteiger partial charge in [0, 0.05) is 44.2 Å². The van der Waals surface area contributed by atoms with Gasteiger partial charge < -0.3 is 20.9 Å². The van der Waals surface area contributed by atoms with Gasteiger partial charge in [-0.1, -0.05) is 0 Å². The van der Waals surface area contributed by atoms with Crippen molar-refractivity contribution in [3.05, 3.63) is 72.6 Å². The van der Waals surface area contributed by atoms with Crippen molar-refractivity contribution >= 4 is 29.4 Å². The van der Waals surface area contributed by atoms with Gasteiger partial charge in [-0.3, -0.25) is 24.2 Å². The Morgan fingerprint density at radius 1 is 0.844 bits per heavy atom. The molecule has 2 aromatic carbocycles. The highest BCUT2D eigenvalue weighted by Crippen LogP contribution is 2.30. The predicted molar refractivity (Wildman–Crippen MR) is 164 cm³/mol. The molecule has 4 aromatic rings. The lowest BCUT2D eigenvalue weighted by molar-refractivity contribution is 0.144. The SMILES string of the molecule is CC(N)=NC[C@H]1CN(c2ccc(-c3ccnn3C)c(F)c2)C(=O)O1.Cn1nccc1-c1ccc(N2C[C@H](CN)OC2=O)cc1F. The van der Waals surface area contributed by atoms with E-state index in [-0.39, 0.29) is 12.6 Å². The van der Waals surface area contributed by atoms with Crippen LogP contribution >= 0.6 is 0 Å². The fraction of sp³-hybridized carbons (Fsp3) is 0.300. The van der Waals surface area contributed by atoms with Crippen LogP contribution in [0.4, 0.5) is 29.7 Å². The Morgan fingerprint density at radius 2 is 1.31 bits per heavy atom. The lowest BCUT2D eigenvalue weighted by Gasteiger charge is -2.14. The number of amidine groups is 1. The molecular formula is C30H33F2N9O4. The van der Waals surface area contributed by atoms with Gasteiger partial charge >= 0.3 is 12.2 Å². The Morgan fingerprint density at radius 3 is 1.69 bits per heavy atom. The molecule has 0 bridgehead atoms. The fourth-order valence-electron chi connectivity index (χ4n) is 4.96. The molecule has 4 heterocycles. The second-order valence-corrected chi connectivity index (χ2v) is 10.5. The number of hydrogen-bond acceptors (Lipinski definition) is 8. The monoisotopic (exact) mass is 621 g/mol. The number of carbonyl (C=O) groups excluding carboxylic acids is 2. The van der Waals surface area contributed by atoms with Crippen molar-refractivity contribution in [3.8, 4) is 22.5 Å². The second kappa shape index (κ2) is 13.1. The van der Waals surface area contributed by atoms with Gasteiger partial charge in [0.25, 0.3) is 0 Å². The van der Waals surface area contributed by atoms with Crippen LogP contribution in [0.2, 0.25) is 0 Å². The van der Waals surface area contributed by atoms with Crippen molar-refractivity contribution < 1.29 is 27.8 Å². The number of nitrogens with zero attached hydrogens (tertiary/aromatic N) is 7. The molecule has 45 heavy (non-hydrogen) atoms. The summed E-state index contributed by atoms with van der Waals surface area (Å²) in [5.74, 6) is -0.417. The van der Waals surface area contributed by atoms with E-state index in [1.54, 1.807) is 79.2 Å². The minimum Gasteiger partial charge on any atom is -0.443 e. The molecule has 15 heteroatoms. The summed E-state index contributed by atoms with van der Waals surface area (Å²) < 4.78 is 42.2. The smallest absolute Gasteiger partial charge is 0.414 e. The van der Waals surface area contributed by atoms with Crippen LogP contribution in [0.5, 0.6) is 0 Å². The second-order valence-electron chi connectivity index (χ2n) is 10.5. The Kier molecular flexibility index (Phi) is 9.08. The average molecular weight is 622 g/mol. The van der Waals surface area contributed by atoms with Crippen LogP contribution in [0, 0.1) is 11.6 Å². The quantitative estimate of drug-likeness (QED) is 0.235. The lowest BCUT2D eigenvalue weighted by atomic mass is 10.1. The van der Waals surface area contributed by atoms with Gasteiger partial charge in [-0.25, -0.2) is 18.4 Å². The van der Waals surface area contributed by atoms with Gasteiger partial charge in [0.15, 0.2) is 0 Å². The number of rotatable bonds is 7. The first-order valence-electron chi connectivity index (χ1n) is 14.0. The molecular weight excluding hydrogens is 588 g/mol. The molecule has 2 atom stereocenters. The highest BCUT2D eigenvalue weighted by Gasteiger charge is 2.33. The van der Waals surface area contributed by atoms with E-state index in [9.17, 15) is 18.4 Å². The number of anilines is 2. The van der Waals surface area contributed by atoms with E-state index in [0.717, 1.165) is 0 Å². The van der Waals surface area contributed by atoms with Crippen LogP contribution in [0.15, 0.2) is 65.9 Å². The van der Waals surface area contributed by atoms with Crippen LogP contribution in [0.1, 0.15) is 6.92 Å². The van der Waals surface area contributed by atoms with Gasteiger partial charge in [-0.2, -0.15) is 10.2 Å². The van der Waals surface area contributed by atoms with Crippen LogP contribution in [-0.2, 0) is 23.6 Å². The minimum absolute atomic E-state index is 0.248. The first-order valence-corrected chi connectivity index (χ1v) is 14.0. The van der Waals surface area contributed by atoms with Gasteiger partial charge in [0.1, 0.15) is 23.8 Å². The van der Waals surface area contributed by atoms with Crippen molar-refractivity contribution in [3.63, 3.8) is 0 Å². The van der Waals surface area contributed by atoms with Crippen molar-refractivity contribution in [2.24, 2.45) is 30.6 Å². The zero-order chi connectivity index (χ0) is 32.2. The topological polar surface area (TPSA) is 159 Å². The number of aliphatic imine (C=N–C) groups is 1. The predicted octanol–water partition coefficient (Wildman–Crippen LogP) is 3.44. The van der Waals surface area contributed by atoms with E-state index in [0.29, 0.717) is 59.4 Å². The zero-order valence-electron chi connectivity index (χ0n) is 24.9. The Labute approximate surface area is 257 Å². The third kappa shape index (κ3) is 6.77. The van der Waals surface area contributed by atoms with Crippen LogP contribution in [0.3, 0.4) is 0 Å². The van der Waals surface area contributed by atoms with Crippen LogP contribution in [-0.4, -0.2) is 76.0 Å². The third-order valence-electron chi connectivity index (χ3n) is 7.28. The third-order valence-corrected chi connectivity index (χ3v) is 7.28. The van der Waals surface area contributed by atoms with Crippen molar-refractivity contribution in [2.45, 2.75) is 19.1 Å². The fourth-order valence-corrected chi connectivity index (χ4v) is 4.96. The molecule has 2 aliphatic heterocycles. The Bertz CT molecular complexity index is 1730. The molecule has 0 unspecified atom stereocenters. The molecule has 2 saturated heterocycles. The molecule has 13 nitrogen and oxygen atoms in total. The molecule has 2 aliphatic rings. The molecule has 236 valence electrons. The number of benzene rings is 2. The summed E-state index contributed by atoms with van der Waals surface area (Å²) in [7, 11) is 3.48. The molecule has 2 amide bonds. The number of aromatic nitrogens is 4. The van der Waals surface area contributed by atoms with E-state index in [1.807, 2.05) is 0 Å².